The van der Waals surface area contributed by atoms with E-state index in [1.54, 1.807) is 0 Å². The van der Waals surface area contributed by atoms with E-state index in [0.29, 0.717) is 12.5 Å². The van der Waals surface area contributed by atoms with Crippen molar-refractivity contribution in [3.8, 4) is 11.5 Å². The molecule has 1 fully saturated rings. The molecule has 27 heavy (non-hydrogen) atoms. The Kier molecular flexibility index (Phi) is 4.24. The largest absolute Gasteiger partial charge is 0.454 e. The third-order valence-corrected chi connectivity index (χ3v) is 5.91. The monoisotopic (exact) mass is 369 g/mol. The molecule has 7 heteroatoms. The first-order chi connectivity index (χ1) is 13.3. The first kappa shape index (κ1) is 16.6. The van der Waals surface area contributed by atoms with Crippen molar-refractivity contribution in [2.24, 2.45) is 0 Å². The van der Waals surface area contributed by atoms with Crippen molar-refractivity contribution >= 4 is 5.91 Å². The fraction of sp³-hybridized carbons (Fsp3) is 0.500. The summed E-state index contributed by atoms with van der Waals surface area (Å²) in [5.41, 5.74) is 4.22. The Morgan fingerprint density at radius 2 is 1.96 bits per heavy atom. The number of nitrogens with zero attached hydrogens (tertiary/aromatic N) is 2. The van der Waals surface area contributed by atoms with Crippen LogP contribution in [0.1, 0.15) is 40.2 Å². The van der Waals surface area contributed by atoms with Crippen molar-refractivity contribution in [1.82, 2.24) is 15.1 Å². The Morgan fingerprint density at radius 1 is 1.15 bits per heavy atom. The zero-order valence-corrected chi connectivity index (χ0v) is 15.4. The molecule has 5 rings (SSSR count). The number of quaternary nitrogens is 1. The number of aryl methyl sites for hydroxylation is 1. The van der Waals surface area contributed by atoms with E-state index >= 15 is 0 Å². The number of nitrogens with one attached hydrogen (secondary N) is 2. The van der Waals surface area contributed by atoms with Crippen molar-refractivity contribution in [3.05, 3.63) is 40.7 Å². The summed E-state index contributed by atoms with van der Waals surface area (Å²) in [5, 5.41) is 7.43. The molecule has 2 N–H and O–H groups in total. The van der Waals surface area contributed by atoms with E-state index in [2.05, 4.69) is 22.3 Å². The molecule has 2 aliphatic heterocycles. The molecule has 3 heterocycles. The molecule has 7 nitrogen and oxygen atoms in total. The molecule has 0 spiro atoms. The number of aromatic nitrogens is 2. The van der Waals surface area contributed by atoms with Crippen molar-refractivity contribution in [3.63, 3.8) is 0 Å². The van der Waals surface area contributed by atoms with E-state index in [1.165, 1.54) is 16.9 Å². The van der Waals surface area contributed by atoms with Crippen LogP contribution >= 0.6 is 0 Å². The van der Waals surface area contributed by atoms with Crippen molar-refractivity contribution in [2.45, 2.75) is 32.2 Å². The second-order valence-electron chi connectivity index (χ2n) is 7.64. The van der Waals surface area contributed by atoms with E-state index in [0.717, 1.165) is 74.7 Å². The van der Waals surface area contributed by atoms with Gasteiger partial charge in [0, 0.05) is 16.8 Å². The van der Waals surface area contributed by atoms with Gasteiger partial charge < -0.3 is 19.3 Å². The summed E-state index contributed by atoms with van der Waals surface area (Å²) >= 11 is 0. The molecule has 0 bridgehead atoms. The Hall–Kier alpha value is -2.54. The number of piperazine rings is 1. The quantitative estimate of drug-likeness (QED) is 0.829. The highest BCUT2D eigenvalue weighted by Gasteiger charge is 2.29. The summed E-state index contributed by atoms with van der Waals surface area (Å²) in [4.78, 5) is 16.4. The van der Waals surface area contributed by atoms with Gasteiger partial charge in [0.1, 0.15) is 6.54 Å². The Balaban J connectivity index is 1.20. The number of carbonyl (C=O) groups is 1. The average molecular weight is 369 g/mol. The van der Waals surface area contributed by atoms with Crippen LogP contribution in [0.25, 0.3) is 0 Å². The lowest BCUT2D eigenvalue weighted by Gasteiger charge is -2.32. The molecule has 3 aliphatic rings. The van der Waals surface area contributed by atoms with Gasteiger partial charge in [-0.2, -0.15) is 5.10 Å². The van der Waals surface area contributed by atoms with E-state index in [-0.39, 0.29) is 5.91 Å². The minimum atomic E-state index is 0.0940. The summed E-state index contributed by atoms with van der Waals surface area (Å²) in [6.45, 7) is 4.71. The number of H-pyrrole nitrogens is 1. The topological polar surface area (TPSA) is 71.9 Å². The van der Waals surface area contributed by atoms with Crippen LogP contribution in [-0.4, -0.2) is 54.0 Å². The van der Waals surface area contributed by atoms with Gasteiger partial charge in [0.15, 0.2) is 17.2 Å². The van der Waals surface area contributed by atoms with Crippen LogP contribution in [0.3, 0.4) is 0 Å². The molecule has 0 atom stereocenters. The van der Waals surface area contributed by atoms with Gasteiger partial charge in [0.05, 0.1) is 26.2 Å². The summed E-state index contributed by atoms with van der Waals surface area (Å²) in [6.07, 6.45) is 4.33. The predicted molar refractivity (Wildman–Crippen MR) is 98.1 cm³/mol. The van der Waals surface area contributed by atoms with Crippen LogP contribution in [0.15, 0.2) is 18.2 Å². The number of fused-ring (bicyclic) bond motifs is 2. The third-order valence-electron chi connectivity index (χ3n) is 5.91. The number of hydrogen-bond acceptors (Lipinski definition) is 4. The maximum Gasteiger partial charge on any atom is 0.275 e. The maximum atomic E-state index is 12.9. The Labute approximate surface area is 158 Å². The minimum absolute atomic E-state index is 0.0940. The summed E-state index contributed by atoms with van der Waals surface area (Å²) < 4.78 is 10.8. The average Bonchev–Trinajstić information content (AvgIpc) is 3.34. The molecule has 1 aromatic carbocycles. The number of rotatable bonds is 3. The number of ether oxygens (including phenoxy) is 2. The standard InChI is InChI=1S/C20H24N4O3/c25-20(19-15-3-1-2-4-16(15)21-22-19)24-9-7-23(8-10-24)12-14-5-6-17-18(11-14)27-13-26-17/h5-6,11H,1-4,7-10,12-13H2,(H,21,22)/p+1. The van der Waals surface area contributed by atoms with Gasteiger partial charge in [0.2, 0.25) is 6.79 Å². The van der Waals surface area contributed by atoms with Crippen molar-refractivity contribution < 1.29 is 19.2 Å². The summed E-state index contributed by atoms with van der Waals surface area (Å²) in [7, 11) is 0. The van der Waals surface area contributed by atoms with Gasteiger partial charge in [-0.15, -0.1) is 0 Å². The molecule has 0 saturated carbocycles. The SMILES string of the molecule is O=C(c1n[nH]c2c1CCCC2)N1CC[NH+](Cc2ccc3c(c2)OCO3)CC1. The minimum Gasteiger partial charge on any atom is -0.454 e. The van der Waals surface area contributed by atoms with E-state index in [9.17, 15) is 4.79 Å². The smallest absolute Gasteiger partial charge is 0.275 e. The maximum absolute atomic E-state index is 12.9. The third kappa shape index (κ3) is 3.16. The highest BCUT2D eigenvalue weighted by atomic mass is 16.7. The molecular formula is C20H25N4O3+. The van der Waals surface area contributed by atoms with Gasteiger partial charge in [-0.25, -0.2) is 0 Å². The predicted octanol–water partition coefficient (Wildman–Crippen LogP) is 0.558. The van der Waals surface area contributed by atoms with Gasteiger partial charge in [-0.3, -0.25) is 9.89 Å². The number of amides is 1. The number of carbonyl (C=O) groups excluding carboxylic acids is 1. The molecule has 1 aliphatic carbocycles. The first-order valence-electron chi connectivity index (χ1n) is 9.85. The highest BCUT2D eigenvalue weighted by molar-refractivity contribution is 5.94. The van der Waals surface area contributed by atoms with Gasteiger partial charge in [-0.05, 0) is 43.9 Å². The van der Waals surface area contributed by atoms with Crippen LogP contribution in [0.2, 0.25) is 0 Å². The van der Waals surface area contributed by atoms with Crippen molar-refractivity contribution in [1.29, 1.82) is 0 Å². The molecule has 142 valence electrons. The summed E-state index contributed by atoms with van der Waals surface area (Å²) in [6, 6.07) is 6.16. The van der Waals surface area contributed by atoms with Crippen LogP contribution in [-0.2, 0) is 19.4 Å². The lowest BCUT2D eigenvalue weighted by molar-refractivity contribution is -0.917. The van der Waals surface area contributed by atoms with E-state index in [4.69, 9.17) is 9.47 Å². The normalized spacial score (nSPS) is 19.2. The number of hydrogen-bond donors (Lipinski definition) is 2. The van der Waals surface area contributed by atoms with Crippen molar-refractivity contribution in [2.75, 3.05) is 33.0 Å². The molecule has 1 saturated heterocycles. The van der Waals surface area contributed by atoms with Crippen LogP contribution in [0.4, 0.5) is 0 Å². The summed E-state index contributed by atoms with van der Waals surface area (Å²) in [5.74, 6) is 1.76. The first-order valence-corrected chi connectivity index (χ1v) is 9.85. The highest BCUT2D eigenvalue weighted by Crippen LogP contribution is 2.32. The second kappa shape index (κ2) is 6.88. The van der Waals surface area contributed by atoms with Gasteiger partial charge in [-0.1, -0.05) is 0 Å². The molecule has 1 aromatic heterocycles. The fourth-order valence-corrected chi connectivity index (χ4v) is 4.35. The fourth-order valence-electron chi connectivity index (χ4n) is 4.35. The molecule has 1 amide bonds. The number of benzene rings is 1. The van der Waals surface area contributed by atoms with Crippen LogP contribution < -0.4 is 14.4 Å². The zero-order chi connectivity index (χ0) is 18.2. The molecule has 2 aromatic rings. The molecule has 0 radical (unpaired) electrons. The molecule has 0 unspecified atom stereocenters. The molecular weight excluding hydrogens is 344 g/mol. The number of aromatic amines is 1. The zero-order valence-electron chi connectivity index (χ0n) is 15.4. The van der Waals surface area contributed by atoms with Gasteiger partial charge >= 0.3 is 0 Å². The second-order valence-corrected chi connectivity index (χ2v) is 7.64. The van der Waals surface area contributed by atoms with Gasteiger partial charge in [0.25, 0.3) is 5.91 Å². The van der Waals surface area contributed by atoms with Crippen LogP contribution in [0.5, 0.6) is 11.5 Å². The lowest BCUT2D eigenvalue weighted by atomic mass is 9.95. The Bertz CT molecular complexity index is 855. The lowest BCUT2D eigenvalue weighted by Crippen LogP contribution is -3.13. The van der Waals surface area contributed by atoms with E-state index in [1.807, 2.05) is 11.0 Å². The Morgan fingerprint density at radius 3 is 2.85 bits per heavy atom. The van der Waals surface area contributed by atoms with E-state index < -0.39 is 0 Å². The van der Waals surface area contributed by atoms with Crippen LogP contribution in [0, 0.1) is 0 Å².